The number of benzene rings is 1. The fraction of sp³-hybridized carbons (Fsp3) is 0.333. The summed E-state index contributed by atoms with van der Waals surface area (Å²) in [5, 5.41) is 2.51. The molecule has 0 saturated heterocycles. The maximum atomic E-state index is 11.7. The van der Waals surface area contributed by atoms with Crippen LogP contribution in [0.5, 0.6) is 0 Å². The van der Waals surface area contributed by atoms with E-state index in [1.807, 2.05) is 19.1 Å². The first-order valence-corrected chi connectivity index (χ1v) is 5.14. The van der Waals surface area contributed by atoms with Gasteiger partial charge in [0.05, 0.1) is 6.61 Å². The molecule has 1 aromatic rings. The van der Waals surface area contributed by atoms with Crippen molar-refractivity contribution in [2.75, 3.05) is 13.2 Å². The molecule has 0 atom stereocenters. The number of carbonyl (C=O) groups excluding carboxylic acids is 2. The van der Waals surface area contributed by atoms with Crippen LogP contribution in [-0.2, 0) is 9.53 Å². The maximum Gasteiger partial charge on any atom is 0.325 e. The number of amides is 1. The van der Waals surface area contributed by atoms with Crippen LogP contribution in [0.25, 0.3) is 0 Å². The molecule has 0 aliphatic heterocycles. The Morgan fingerprint density at radius 3 is 2.62 bits per heavy atom. The third-order valence-electron chi connectivity index (χ3n) is 2.09. The van der Waals surface area contributed by atoms with E-state index in [2.05, 4.69) is 5.32 Å². The van der Waals surface area contributed by atoms with Gasteiger partial charge in [-0.15, -0.1) is 0 Å². The van der Waals surface area contributed by atoms with Crippen LogP contribution in [0, 0.1) is 6.92 Å². The van der Waals surface area contributed by atoms with Gasteiger partial charge in [-0.2, -0.15) is 0 Å². The molecule has 0 bridgehead atoms. The highest BCUT2D eigenvalue weighted by atomic mass is 16.5. The summed E-state index contributed by atoms with van der Waals surface area (Å²) in [4.78, 5) is 22.7. The molecular formula is C12H15NO3. The standard InChI is InChI=1S/C12H15NO3/c1-3-16-11(14)8-13-12(15)10-7-5-4-6-9(10)2/h4-7H,3,8H2,1-2H3,(H,13,15)/i4+1,5+1,6+1,7+1,9+1,10+1. The zero-order valence-electron chi connectivity index (χ0n) is 9.45. The molecule has 0 fully saturated rings. The van der Waals surface area contributed by atoms with Crippen LogP contribution in [0.1, 0.15) is 22.8 Å². The molecule has 0 heterocycles. The van der Waals surface area contributed by atoms with E-state index in [4.69, 9.17) is 4.74 Å². The van der Waals surface area contributed by atoms with Gasteiger partial charge in [-0.25, -0.2) is 0 Å². The molecule has 86 valence electrons. The Morgan fingerprint density at radius 1 is 1.31 bits per heavy atom. The molecule has 4 nitrogen and oxygen atoms in total. The SMILES string of the molecule is CCOC(=O)CNC(=O)[13c]1[13cH][13cH][13cH][13cH][13c]1C. The van der Waals surface area contributed by atoms with Gasteiger partial charge in [0.25, 0.3) is 5.91 Å². The van der Waals surface area contributed by atoms with Gasteiger partial charge in [-0.05, 0) is 25.5 Å². The van der Waals surface area contributed by atoms with Crippen molar-refractivity contribution in [3.05, 3.63) is 35.4 Å². The fourth-order valence-electron chi connectivity index (χ4n) is 1.29. The van der Waals surface area contributed by atoms with Crippen molar-refractivity contribution in [1.29, 1.82) is 0 Å². The predicted octanol–water partition coefficient (Wildman–Crippen LogP) is 1.29. The molecule has 0 aliphatic rings. The molecule has 0 aromatic heterocycles. The highest BCUT2D eigenvalue weighted by Crippen LogP contribution is 2.05. The molecule has 1 rings (SSSR count). The molecule has 1 aromatic carbocycles. The second-order valence-electron chi connectivity index (χ2n) is 3.30. The molecule has 16 heavy (non-hydrogen) atoms. The van der Waals surface area contributed by atoms with Crippen molar-refractivity contribution < 1.29 is 14.3 Å². The number of hydrogen-bond donors (Lipinski definition) is 1. The Balaban J connectivity index is 2.54. The van der Waals surface area contributed by atoms with Crippen LogP contribution >= 0.6 is 0 Å². The largest absolute Gasteiger partial charge is 0.465 e. The normalized spacial score (nSPS) is 9.62. The van der Waals surface area contributed by atoms with Crippen molar-refractivity contribution in [1.82, 2.24) is 5.32 Å². The third kappa shape index (κ3) is 3.38. The molecule has 0 saturated carbocycles. The van der Waals surface area contributed by atoms with Crippen LogP contribution < -0.4 is 5.32 Å². The second kappa shape index (κ2) is 5.90. The number of hydrogen-bond acceptors (Lipinski definition) is 3. The summed E-state index contributed by atoms with van der Waals surface area (Å²) in [5.74, 6) is -0.685. The Kier molecular flexibility index (Phi) is 4.51. The number of nitrogens with one attached hydrogen (secondary N) is 1. The number of esters is 1. The van der Waals surface area contributed by atoms with Gasteiger partial charge >= 0.3 is 5.97 Å². The predicted molar refractivity (Wildman–Crippen MR) is 60.1 cm³/mol. The minimum absolute atomic E-state index is 0.0962. The lowest BCUT2D eigenvalue weighted by molar-refractivity contribution is -0.141. The van der Waals surface area contributed by atoms with E-state index in [9.17, 15) is 9.59 Å². The first-order chi connectivity index (χ1) is 7.65. The van der Waals surface area contributed by atoms with Gasteiger partial charge in [0.15, 0.2) is 0 Å². The van der Waals surface area contributed by atoms with Crippen LogP contribution in [0.2, 0.25) is 0 Å². The molecule has 1 amide bonds. The molecule has 0 aliphatic carbocycles. The second-order valence-corrected chi connectivity index (χ2v) is 3.30. The number of carbonyl (C=O) groups is 2. The third-order valence-corrected chi connectivity index (χ3v) is 2.09. The van der Waals surface area contributed by atoms with Crippen molar-refractivity contribution in [2.24, 2.45) is 0 Å². The van der Waals surface area contributed by atoms with Crippen LogP contribution in [0.3, 0.4) is 0 Å². The molecular weight excluding hydrogens is 212 g/mol. The lowest BCUT2D eigenvalue weighted by Crippen LogP contribution is -2.31. The Labute approximate surface area is 94.6 Å². The average Bonchev–Trinajstić information content (AvgIpc) is 2.27. The van der Waals surface area contributed by atoms with E-state index >= 15 is 0 Å². The van der Waals surface area contributed by atoms with E-state index in [0.29, 0.717) is 12.2 Å². The van der Waals surface area contributed by atoms with Gasteiger partial charge in [0.2, 0.25) is 0 Å². The summed E-state index contributed by atoms with van der Waals surface area (Å²) in [6.45, 7) is 3.79. The lowest BCUT2D eigenvalue weighted by Gasteiger charge is -2.06. The van der Waals surface area contributed by atoms with Crippen molar-refractivity contribution in [3.8, 4) is 0 Å². The molecule has 1 N–H and O–H groups in total. The smallest absolute Gasteiger partial charge is 0.325 e. The maximum absolute atomic E-state index is 11.7. The van der Waals surface area contributed by atoms with E-state index in [0.717, 1.165) is 5.56 Å². The molecule has 0 radical (unpaired) electrons. The van der Waals surface area contributed by atoms with Crippen LogP contribution in [0.15, 0.2) is 24.3 Å². The highest BCUT2D eigenvalue weighted by Gasteiger charge is 2.09. The van der Waals surface area contributed by atoms with Crippen molar-refractivity contribution in [2.45, 2.75) is 13.8 Å². The number of aryl methyl sites for hydroxylation is 1. The zero-order valence-corrected chi connectivity index (χ0v) is 9.45. The highest BCUT2D eigenvalue weighted by molar-refractivity contribution is 5.97. The van der Waals surface area contributed by atoms with Gasteiger partial charge in [0, 0.05) is 5.56 Å². The monoisotopic (exact) mass is 227 g/mol. The summed E-state index contributed by atoms with van der Waals surface area (Å²) in [5.41, 5.74) is 1.45. The fourth-order valence-corrected chi connectivity index (χ4v) is 1.29. The summed E-state index contributed by atoms with van der Waals surface area (Å²) < 4.78 is 4.70. The Bertz CT molecular complexity index is 388. The van der Waals surface area contributed by atoms with Gasteiger partial charge in [0.1, 0.15) is 6.54 Å². The Hall–Kier alpha value is -1.84. The molecule has 4 heteroatoms. The van der Waals surface area contributed by atoms with Crippen molar-refractivity contribution >= 4 is 11.9 Å². The van der Waals surface area contributed by atoms with Gasteiger partial charge in [-0.3, -0.25) is 9.59 Å². The molecule has 0 unspecified atom stereocenters. The first-order valence-electron chi connectivity index (χ1n) is 5.14. The van der Waals surface area contributed by atoms with Gasteiger partial charge in [-0.1, -0.05) is 18.2 Å². The number of rotatable bonds is 4. The minimum atomic E-state index is -0.426. The topological polar surface area (TPSA) is 55.4 Å². The minimum Gasteiger partial charge on any atom is -0.465 e. The first kappa shape index (κ1) is 12.2. The quantitative estimate of drug-likeness (QED) is 0.788. The lowest BCUT2D eigenvalue weighted by atomic mass is 10.6. The average molecular weight is 227 g/mol. The van der Waals surface area contributed by atoms with E-state index in [-0.39, 0.29) is 12.5 Å². The summed E-state index contributed by atoms with van der Waals surface area (Å²) >= 11 is 0. The molecule has 0 spiro atoms. The van der Waals surface area contributed by atoms with E-state index in [1.54, 1.807) is 19.1 Å². The van der Waals surface area contributed by atoms with E-state index in [1.165, 1.54) is 0 Å². The van der Waals surface area contributed by atoms with Crippen molar-refractivity contribution in [3.63, 3.8) is 0 Å². The van der Waals surface area contributed by atoms with Crippen LogP contribution in [0.4, 0.5) is 0 Å². The number of ether oxygens (including phenoxy) is 1. The van der Waals surface area contributed by atoms with Gasteiger partial charge < -0.3 is 10.1 Å². The van der Waals surface area contributed by atoms with Crippen LogP contribution in [-0.4, -0.2) is 25.0 Å². The van der Waals surface area contributed by atoms with E-state index < -0.39 is 5.97 Å². The summed E-state index contributed by atoms with van der Waals surface area (Å²) in [6, 6.07) is 7.21. The summed E-state index contributed by atoms with van der Waals surface area (Å²) in [6.07, 6.45) is 0. The summed E-state index contributed by atoms with van der Waals surface area (Å²) in [7, 11) is 0. The zero-order chi connectivity index (χ0) is 12.0. The Morgan fingerprint density at radius 2 is 2.00 bits per heavy atom.